The van der Waals surface area contributed by atoms with Crippen LogP contribution in [0.25, 0.3) is 0 Å². The van der Waals surface area contributed by atoms with Gasteiger partial charge in [0.25, 0.3) is 5.91 Å². The minimum absolute atomic E-state index is 0.218. The third-order valence-corrected chi connectivity index (χ3v) is 2.59. The molecule has 0 unspecified atom stereocenters. The average Bonchev–Trinajstić information content (AvgIpc) is 2.69. The topological polar surface area (TPSA) is 56.2 Å². The minimum atomic E-state index is -0.239. The van der Waals surface area contributed by atoms with E-state index in [1.54, 1.807) is 10.9 Å². The van der Waals surface area contributed by atoms with Crippen molar-refractivity contribution < 1.29 is 9.53 Å². The summed E-state index contributed by atoms with van der Waals surface area (Å²) in [7, 11) is 0. The summed E-state index contributed by atoms with van der Waals surface area (Å²) in [5.74, 6) is -0.239. The lowest BCUT2D eigenvalue weighted by molar-refractivity contribution is 0.0756. The maximum atomic E-state index is 11.8. The maximum absolute atomic E-state index is 11.8. The van der Waals surface area contributed by atoms with Gasteiger partial charge in [0.2, 0.25) is 0 Å². The van der Waals surface area contributed by atoms with Gasteiger partial charge in [0.05, 0.1) is 11.1 Å². The van der Waals surface area contributed by atoms with Gasteiger partial charge in [-0.2, -0.15) is 5.10 Å². The van der Waals surface area contributed by atoms with E-state index < -0.39 is 0 Å². The normalized spacial score (nSPS) is 10.9. The number of halogens is 1. The lowest BCUT2D eigenvalue weighted by Gasteiger charge is -2.07. The van der Waals surface area contributed by atoms with E-state index in [-0.39, 0.29) is 17.7 Å². The van der Waals surface area contributed by atoms with Crippen molar-refractivity contribution >= 4 is 17.5 Å². The number of carbonyl (C=O) groups is 1. The molecule has 6 heteroatoms. The highest BCUT2D eigenvalue weighted by Crippen LogP contribution is 2.13. The SMILES string of the molecule is CCn1cc(Cl)c(C(=O)NCCCOC(C)C)n1. The van der Waals surface area contributed by atoms with Crippen LogP contribution in [0.5, 0.6) is 0 Å². The van der Waals surface area contributed by atoms with Crippen LogP contribution in [0, 0.1) is 0 Å². The maximum Gasteiger partial charge on any atom is 0.273 e. The van der Waals surface area contributed by atoms with Crippen molar-refractivity contribution in [2.45, 2.75) is 39.8 Å². The van der Waals surface area contributed by atoms with Crippen LogP contribution in [-0.4, -0.2) is 34.9 Å². The first-order valence-corrected chi connectivity index (χ1v) is 6.55. The van der Waals surface area contributed by atoms with Crippen molar-refractivity contribution in [1.82, 2.24) is 15.1 Å². The second kappa shape index (κ2) is 7.38. The molecule has 0 fully saturated rings. The van der Waals surface area contributed by atoms with Gasteiger partial charge in [-0.1, -0.05) is 11.6 Å². The van der Waals surface area contributed by atoms with Gasteiger partial charge >= 0.3 is 0 Å². The predicted molar refractivity (Wildman–Crippen MR) is 70.9 cm³/mol. The summed E-state index contributed by atoms with van der Waals surface area (Å²) in [6, 6.07) is 0. The Morgan fingerprint density at radius 1 is 1.61 bits per heavy atom. The Hall–Kier alpha value is -1.07. The second-order valence-corrected chi connectivity index (χ2v) is 4.62. The molecule has 0 aliphatic heterocycles. The molecule has 0 radical (unpaired) electrons. The van der Waals surface area contributed by atoms with Crippen molar-refractivity contribution in [3.8, 4) is 0 Å². The van der Waals surface area contributed by atoms with Gasteiger partial charge in [0, 0.05) is 25.9 Å². The van der Waals surface area contributed by atoms with Gasteiger partial charge in [0.1, 0.15) is 0 Å². The molecule has 0 atom stereocenters. The molecule has 0 spiro atoms. The standard InChI is InChI=1S/C12H20ClN3O2/c1-4-16-8-10(13)11(15-16)12(17)14-6-5-7-18-9(2)3/h8-9H,4-7H2,1-3H3,(H,14,17). The zero-order valence-electron chi connectivity index (χ0n) is 11.1. The average molecular weight is 274 g/mol. The van der Waals surface area contributed by atoms with E-state index in [0.717, 1.165) is 6.42 Å². The zero-order valence-corrected chi connectivity index (χ0v) is 11.8. The fourth-order valence-corrected chi connectivity index (χ4v) is 1.63. The van der Waals surface area contributed by atoms with Crippen molar-refractivity contribution in [2.24, 2.45) is 0 Å². The number of nitrogens with one attached hydrogen (secondary N) is 1. The molecule has 0 aliphatic rings. The Morgan fingerprint density at radius 2 is 2.33 bits per heavy atom. The molecule has 1 heterocycles. The van der Waals surface area contributed by atoms with E-state index in [1.807, 2.05) is 20.8 Å². The third-order valence-electron chi connectivity index (χ3n) is 2.31. The number of rotatable bonds is 7. The van der Waals surface area contributed by atoms with Crippen molar-refractivity contribution in [3.05, 3.63) is 16.9 Å². The van der Waals surface area contributed by atoms with E-state index in [9.17, 15) is 4.79 Å². The van der Waals surface area contributed by atoms with E-state index >= 15 is 0 Å². The van der Waals surface area contributed by atoms with Gasteiger partial charge < -0.3 is 10.1 Å². The van der Waals surface area contributed by atoms with Crippen LogP contribution in [-0.2, 0) is 11.3 Å². The number of aryl methyl sites for hydroxylation is 1. The van der Waals surface area contributed by atoms with Crippen LogP contribution in [0.1, 0.15) is 37.7 Å². The summed E-state index contributed by atoms with van der Waals surface area (Å²) in [5.41, 5.74) is 0.281. The summed E-state index contributed by atoms with van der Waals surface area (Å²) < 4.78 is 7.02. The number of hydrogen-bond donors (Lipinski definition) is 1. The largest absolute Gasteiger partial charge is 0.379 e. The van der Waals surface area contributed by atoms with Gasteiger partial charge in [-0.05, 0) is 27.2 Å². The number of ether oxygens (including phenoxy) is 1. The van der Waals surface area contributed by atoms with Crippen LogP contribution >= 0.6 is 11.6 Å². The Kier molecular flexibility index (Phi) is 6.15. The molecule has 5 nitrogen and oxygen atoms in total. The lowest BCUT2D eigenvalue weighted by Crippen LogP contribution is -2.26. The van der Waals surface area contributed by atoms with Crippen LogP contribution in [0.4, 0.5) is 0 Å². The number of nitrogens with zero attached hydrogens (tertiary/aromatic N) is 2. The Balaban J connectivity index is 2.34. The molecule has 0 aliphatic carbocycles. The monoisotopic (exact) mass is 273 g/mol. The van der Waals surface area contributed by atoms with Crippen molar-refractivity contribution in [3.63, 3.8) is 0 Å². The quantitative estimate of drug-likeness (QED) is 0.774. The summed E-state index contributed by atoms with van der Waals surface area (Å²) in [6.45, 7) is 7.78. The van der Waals surface area contributed by atoms with E-state index in [0.29, 0.717) is 24.7 Å². The molecule has 18 heavy (non-hydrogen) atoms. The molecule has 0 bridgehead atoms. The van der Waals surface area contributed by atoms with E-state index in [2.05, 4.69) is 10.4 Å². The molecule has 0 aromatic carbocycles. The van der Waals surface area contributed by atoms with Crippen LogP contribution < -0.4 is 5.32 Å². The number of carbonyl (C=O) groups excluding carboxylic acids is 1. The number of hydrogen-bond acceptors (Lipinski definition) is 3. The van der Waals surface area contributed by atoms with Gasteiger partial charge in [0.15, 0.2) is 5.69 Å². The van der Waals surface area contributed by atoms with Crippen molar-refractivity contribution in [1.29, 1.82) is 0 Å². The molecule has 1 aromatic rings. The van der Waals surface area contributed by atoms with E-state index in [4.69, 9.17) is 16.3 Å². The lowest BCUT2D eigenvalue weighted by atomic mass is 10.3. The molecule has 1 aromatic heterocycles. The predicted octanol–water partition coefficient (Wildman–Crippen LogP) is 2.10. The summed E-state index contributed by atoms with van der Waals surface area (Å²) in [6.07, 6.45) is 2.64. The summed E-state index contributed by atoms with van der Waals surface area (Å²) in [4.78, 5) is 11.8. The second-order valence-electron chi connectivity index (χ2n) is 4.21. The smallest absolute Gasteiger partial charge is 0.273 e. The fraction of sp³-hybridized carbons (Fsp3) is 0.667. The molecule has 0 saturated carbocycles. The Labute approximate surface area is 112 Å². The van der Waals surface area contributed by atoms with Crippen molar-refractivity contribution in [2.75, 3.05) is 13.2 Å². The summed E-state index contributed by atoms with van der Waals surface area (Å²) >= 11 is 5.93. The first-order valence-electron chi connectivity index (χ1n) is 6.17. The number of aromatic nitrogens is 2. The Morgan fingerprint density at radius 3 is 2.89 bits per heavy atom. The molecule has 1 rings (SSSR count). The highest BCUT2D eigenvalue weighted by molar-refractivity contribution is 6.33. The molecule has 0 saturated heterocycles. The molecule has 102 valence electrons. The molecular formula is C12H20ClN3O2. The van der Waals surface area contributed by atoms with Crippen LogP contribution in [0.3, 0.4) is 0 Å². The highest BCUT2D eigenvalue weighted by Gasteiger charge is 2.14. The van der Waals surface area contributed by atoms with Crippen LogP contribution in [0.2, 0.25) is 5.02 Å². The number of amides is 1. The molecule has 1 amide bonds. The zero-order chi connectivity index (χ0) is 13.5. The van der Waals surface area contributed by atoms with Crippen LogP contribution in [0.15, 0.2) is 6.20 Å². The van der Waals surface area contributed by atoms with E-state index in [1.165, 1.54) is 0 Å². The summed E-state index contributed by atoms with van der Waals surface area (Å²) in [5, 5.41) is 7.25. The van der Waals surface area contributed by atoms with Gasteiger partial charge in [-0.15, -0.1) is 0 Å². The fourth-order valence-electron chi connectivity index (χ4n) is 1.39. The highest BCUT2D eigenvalue weighted by atomic mass is 35.5. The molecular weight excluding hydrogens is 254 g/mol. The molecule has 1 N–H and O–H groups in total. The minimum Gasteiger partial charge on any atom is -0.379 e. The Bertz CT molecular complexity index is 391. The van der Waals surface area contributed by atoms with Gasteiger partial charge in [-0.25, -0.2) is 0 Å². The third kappa shape index (κ3) is 4.66. The first kappa shape index (κ1) is 15.0. The first-order chi connectivity index (χ1) is 8.54. The van der Waals surface area contributed by atoms with Gasteiger partial charge in [-0.3, -0.25) is 9.48 Å².